The Morgan fingerprint density at radius 2 is 1.71 bits per heavy atom. The average Bonchev–Trinajstić information content (AvgIpc) is 2.46. The Bertz CT molecular complexity index is 794. The molecule has 0 fully saturated rings. The lowest BCUT2D eigenvalue weighted by atomic mass is 10.1. The van der Waals surface area contributed by atoms with Crippen LogP contribution in [0.3, 0.4) is 0 Å². The Morgan fingerprint density at radius 1 is 1.12 bits per heavy atom. The van der Waals surface area contributed by atoms with Gasteiger partial charge in [-0.15, -0.1) is 0 Å². The van der Waals surface area contributed by atoms with Crippen LogP contribution in [0.4, 0.5) is 35.0 Å². The van der Waals surface area contributed by atoms with E-state index in [2.05, 4.69) is 15.9 Å². The van der Waals surface area contributed by atoms with E-state index in [0.29, 0.717) is 11.0 Å². The molecule has 24 heavy (non-hydrogen) atoms. The van der Waals surface area contributed by atoms with Crippen molar-refractivity contribution in [3.05, 3.63) is 62.6 Å². The zero-order chi connectivity index (χ0) is 18.1. The van der Waals surface area contributed by atoms with E-state index in [1.165, 1.54) is 6.07 Å². The summed E-state index contributed by atoms with van der Waals surface area (Å²) in [5, 5.41) is 20.0. The van der Waals surface area contributed by atoms with Gasteiger partial charge in [-0.1, -0.05) is 15.9 Å². The molecule has 2 aromatic carbocycles. The summed E-state index contributed by atoms with van der Waals surface area (Å²) < 4.78 is 38.7. The summed E-state index contributed by atoms with van der Waals surface area (Å²) in [5.41, 5.74) is -1.58. The molecule has 0 aliphatic carbocycles. The van der Waals surface area contributed by atoms with Gasteiger partial charge in [0.2, 0.25) is 0 Å². The third-order valence-electron chi connectivity index (χ3n) is 2.98. The molecule has 2 aromatic rings. The number of non-ortho nitro benzene ring substituents is 1. The van der Waals surface area contributed by atoms with Crippen LogP contribution in [-0.2, 0) is 6.18 Å². The molecule has 0 saturated carbocycles. The third-order valence-corrected chi connectivity index (χ3v) is 3.44. The summed E-state index contributed by atoms with van der Waals surface area (Å²) in [5.74, 6) is 0. The third kappa shape index (κ3) is 3.82. The second-order valence-corrected chi connectivity index (χ2v) is 5.50. The molecule has 6 nitrogen and oxygen atoms in total. The van der Waals surface area contributed by atoms with Crippen molar-refractivity contribution >= 4 is 39.1 Å². The summed E-state index contributed by atoms with van der Waals surface area (Å²) in [4.78, 5) is 22.0. The van der Waals surface area contributed by atoms with Crippen LogP contribution in [0.15, 0.2) is 46.9 Å². The lowest BCUT2D eigenvalue weighted by Gasteiger charge is -2.21. The summed E-state index contributed by atoms with van der Waals surface area (Å²) in [7, 11) is 0. The van der Waals surface area contributed by atoms with Crippen LogP contribution in [0.2, 0.25) is 0 Å². The van der Waals surface area contributed by atoms with E-state index in [1.807, 2.05) is 0 Å². The molecule has 0 spiro atoms. The fraction of sp³-hybridized carbons (Fsp3) is 0.0714. The zero-order valence-electron chi connectivity index (χ0n) is 11.6. The van der Waals surface area contributed by atoms with Gasteiger partial charge in [-0.25, -0.2) is 9.69 Å². The lowest BCUT2D eigenvalue weighted by molar-refractivity contribution is -0.384. The number of amides is 1. The Balaban J connectivity index is 2.54. The first-order valence-corrected chi connectivity index (χ1v) is 7.04. The van der Waals surface area contributed by atoms with E-state index in [0.717, 1.165) is 30.3 Å². The first-order valence-electron chi connectivity index (χ1n) is 6.25. The first kappa shape index (κ1) is 17.7. The SMILES string of the molecule is O=C(O)N(c1ccc([N+](=O)[O-])cc1)c1cc(Br)cc(C(F)(F)F)c1. The van der Waals surface area contributed by atoms with Crippen molar-refractivity contribution in [2.24, 2.45) is 0 Å². The molecule has 126 valence electrons. The Morgan fingerprint density at radius 3 is 2.17 bits per heavy atom. The Hall–Kier alpha value is -2.62. The average molecular weight is 405 g/mol. The number of halogens is 4. The van der Waals surface area contributed by atoms with E-state index in [1.54, 1.807) is 0 Å². The molecule has 0 bridgehead atoms. The molecular weight excluding hydrogens is 397 g/mol. The molecule has 0 aliphatic heterocycles. The fourth-order valence-corrected chi connectivity index (χ4v) is 2.44. The van der Waals surface area contributed by atoms with E-state index >= 15 is 0 Å². The minimum Gasteiger partial charge on any atom is -0.464 e. The first-order chi connectivity index (χ1) is 11.1. The highest BCUT2D eigenvalue weighted by molar-refractivity contribution is 9.10. The van der Waals surface area contributed by atoms with Crippen molar-refractivity contribution in [3.63, 3.8) is 0 Å². The van der Waals surface area contributed by atoms with Crippen LogP contribution < -0.4 is 4.90 Å². The van der Waals surface area contributed by atoms with Gasteiger partial charge in [-0.05, 0) is 30.3 Å². The monoisotopic (exact) mass is 404 g/mol. The molecule has 0 radical (unpaired) electrons. The summed E-state index contributed by atoms with van der Waals surface area (Å²) in [6.45, 7) is 0. The summed E-state index contributed by atoms with van der Waals surface area (Å²) in [6, 6.07) is 7.10. The predicted molar refractivity (Wildman–Crippen MR) is 82.4 cm³/mol. The van der Waals surface area contributed by atoms with Gasteiger partial charge in [0, 0.05) is 16.6 Å². The second kappa shape index (κ2) is 6.48. The number of alkyl halides is 3. The van der Waals surface area contributed by atoms with Crippen LogP contribution in [0.5, 0.6) is 0 Å². The number of nitrogens with zero attached hydrogens (tertiary/aromatic N) is 2. The van der Waals surface area contributed by atoms with Crippen LogP contribution >= 0.6 is 15.9 Å². The maximum atomic E-state index is 12.9. The van der Waals surface area contributed by atoms with Crippen molar-refractivity contribution in [1.29, 1.82) is 0 Å². The molecule has 0 unspecified atom stereocenters. The molecule has 2 rings (SSSR count). The van der Waals surface area contributed by atoms with Crippen LogP contribution in [0.25, 0.3) is 0 Å². The Kier molecular flexibility index (Phi) is 4.78. The molecule has 10 heteroatoms. The van der Waals surface area contributed by atoms with Crippen molar-refractivity contribution in [2.75, 3.05) is 4.90 Å². The molecule has 0 aromatic heterocycles. The van der Waals surface area contributed by atoms with Crippen molar-refractivity contribution < 1.29 is 28.0 Å². The van der Waals surface area contributed by atoms with Gasteiger partial charge in [0.25, 0.3) is 5.69 Å². The minimum atomic E-state index is -4.65. The minimum absolute atomic E-state index is 0.0284. The van der Waals surface area contributed by atoms with Crippen molar-refractivity contribution in [1.82, 2.24) is 0 Å². The predicted octanol–water partition coefficient (Wildman–Crippen LogP) is 5.19. The topological polar surface area (TPSA) is 83.7 Å². The van der Waals surface area contributed by atoms with Gasteiger partial charge in [-0.3, -0.25) is 10.1 Å². The van der Waals surface area contributed by atoms with E-state index < -0.39 is 22.8 Å². The molecular formula is C14H8BrF3N2O4. The van der Waals surface area contributed by atoms with E-state index in [4.69, 9.17) is 0 Å². The maximum Gasteiger partial charge on any atom is 0.416 e. The number of hydrogen-bond acceptors (Lipinski definition) is 3. The molecule has 0 heterocycles. The van der Waals surface area contributed by atoms with Gasteiger partial charge >= 0.3 is 12.3 Å². The fourth-order valence-electron chi connectivity index (χ4n) is 1.96. The van der Waals surface area contributed by atoms with Gasteiger partial charge < -0.3 is 5.11 Å². The summed E-state index contributed by atoms with van der Waals surface area (Å²) >= 11 is 2.92. The smallest absolute Gasteiger partial charge is 0.416 e. The van der Waals surface area contributed by atoms with E-state index in [9.17, 15) is 33.2 Å². The second-order valence-electron chi connectivity index (χ2n) is 4.59. The molecule has 1 amide bonds. The molecule has 0 saturated heterocycles. The van der Waals surface area contributed by atoms with Gasteiger partial charge in [0.05, 0.1) is 21.9 Å². The normalized spacial score (nSPS) is 11.2. The van der Waals surface area contributed by atoms with Gasteiger partial charge in [0.1, 0.15) is 0 Å². The number of nitro benzene ring substituents is 1. The summed E-state index contributed by atoms with van der Waals surface area (Å²) in [6.07, 6.45) is -6.19. The van der Waals surface area contributed by atoms with E-state index in [-0.39, 0.29) is 21.5 Å². The number of benzene rings is 2. The number of rotatable bonds is 3. The highest BCUT2D eigenvalue weighted by Crippen LogP contribution is 2.36. The molecule has 0 aliphatic rings. The number of hydrogen-bond donors (Lipinski definition) is 1. The Labute approximate surface area is 141 Å². The molecule has 1 N–H and O–H groups in total. The van der Waals surface area contributed by atoms with Crippen molar-refractivity contribution in [3.8, 4) is 0 Å². The highest BCUT2D eigenvalue weighted by Gasteiger charge is 2.32. The zero-order valence-corrected chi connectivity index (χ0v) is 13.2. The van der Waals surface area contributed by atoms with Crippen LogP contribution in [0, 0.1) is 10.1 Å². The van der Waals surface area contributed by atoms with Gasteiger partial charge in [0.15, 0.2) is 0 Å². The molecule has 0 atom stereocenters. The van der Waals surface area contributed by atoms with Crippen molar-refractivity contribution in [2.45, 2.75) is 6.18 Å². The van der Waals surface area contributed by atoms with Gasteiger partial charge in [-0.2, -0.15) is 13.2 Å². The standard InChI is InChI=1S/C14H8BrF3N2O4/c15-9-5-8(14(16,17)18)6-12(7-9)19(13(21)22)10-1-3-11(4-2-10)20(23)24/h1-7H,(H,21,22). The largest absolute Gasteiger partial charge is 0.464 e. The van der Waals surface area contributed by atoms with Crippen LogP contribution in [-0.4, -0.2) is 16.1 Å². The number of carboxylic acid groups (broad SMARTS) is 1. The maximum absolute atomic E-state index is 12.9. The quantitative estimate of drug-likeness (QED) is 0.563. The van der Waals surface area contributed by atoms with Crippen LogP contribution in [0.1, 0.15) is 5.56 Å². The number of carbonyl (C=O) groups is 1. The number of nitro groups is 1. The lowest BCUT2D eigenvalue weighted by Crippen LogP contribution is -2.24. The highest BCUT2D eigenvalue weighted by atomic mass is 79.9. The number of anilines is 2.